The Hall–Kier alpha value is -2.05. The van der Waals surface area contributed by atoms with E-state index in [0.29, 0.717) is 17.9 Å². The lowest BCUT2D eigenvalue weighted by molar-refractivity contribution is 0.259. The highest BCUT2D eigenvalue weighted by Gasteiger charge is 2.18. The minimum atomic E-state index is -0.727. The summed E-state index contributed by atoms with van der Waals surface area (Å²) in [7, 11) is 0. The third-order valence-electron chi connectivity index (χ3n) is 2.48. The van der Waals surface area contributed by atoms with Gasteiger partial charge in [-0.15, -0.1) is 0 Å². The molecule has 0 saturated heterocycles. The maximum Gasteiger partial charge on any atom is 0.317 e. The Morgan fingerprint density at radius 2 is 2.11 bits per heavy atom. The fraction of sp³-hybridized carbons (Fsp3) is 0.167. The van der Waals surface area contributed by atoms with Gasteiger partial charge in [0.1, 0.15) is 5.02 Å². The molecule has 0 saturated carbocycles. The van der Waals surface area contributed by atoms with Crippen LogP contribution >= 0.6 is 11.6 Å². The lowest BCUT2D eigenvalue weighted by Gasteiger charge is -2.07. The SMILES string of the molecule is NC(=O)Nc1c(Cl)c(CCO)nn1-c1ccccc1. The third kappa shape index (κ3) is 2.86. The molecule has 0 radical (unpaired) electrons. The quantitative estimate of drug-likeness (QED) is 0.793. The monoisotopic (exact) mass is 280 g/mol. The summed E-state index contributed by atoms with van der Waals surface area (Å²) in [5.74, 6) is 0.295. The number of aliphatic hydroxyl groups excluding tert-OH is 1. The minimum absolute atomic E-state index is 0.0818. The Morgan fingerprint density at radius 3 is 2.68 bits per heavy atom. The molecule has 0 aliphatic heterocycles. The Bertz CT molecular complexity index is 583. The summed E-state index contributed by atoms with van der Waals surface area (Å²) in [5.41, 5.74) is 6.36. The molecule has 1 aromatic carbocycles. The van der Waals surface area contributed by atoms with E-state index in [-0.39, 0.29) is 11.6 Å². The predicted octanol–water partition coefficient (Wildman–Crippen LogP) is 1.55. The third-order valence-corrected chi connectivity index (χ3v) is 2.88. The van der Waals surface area contributed by atoms with Crippen molar-refractivity contribution in [3.63, 3.8) is 0 Å². The van der Waals surface area contributed by atoms with Crippen LogP contribution in [0.2, 0.25) is 5.02 Å². The van der Waals surface area contributed by atoms with E-state index in [1.807, 2.05) is 30.3 Å². The number of amides is 2. The van der Waals surface area contributed by atoms with Crippen molar-refractivity contribution in [2.75, 3.05) is 11.9 Å². The highest BCUT2D eigenvalue weighted by atomic mass is 35.5. The van der Waals surface area contributed by atoms with Crippen LogP contribution < -0.4 is 11.1 Å². The molecule has 2 aromatic rings. The molecule has 6 nitrogen and oxygen atoms in total. The van der Waals surface area contributed by atoms with E-state index in [0.717, 1.165) is 5.69 Å². The van der Waals surface area contributed by atoms with E-state index in [2.05, 4.69) is 10.4 Å². The summed E-state index contributed by atoms with van der Waals surface area (Å²) in [6, 6.07) is 8.45. The van der Waals surface area contributed by atoms with Gasteiger partial charge in [0.15, 0.2) is 5.82 Å². The van der Waals surface area contributed by atoms with Gasteiger partial charge in [-0.1, -0.05) is 29.8 Å². The lowest BCUT2D eigenvalue weighted by atomic mass is 10.3. The maximum absolute atomic E-state index is 11.0. The summed E-state index contributed by atoms with van der Waals surface area (Å²) in [6.45, 7) is -0.0818. The van der Waals surface area contributed by atoms with Gasteiger partial charge in [-0.3, -0.25) is 5.32 Å². The number of urea groups is 1. The molecule has 100 valence electrons. The summed E-state index contributed by atoms with van der Waals surface area (Å²) in [6.07, 6.45) is 0.298. The van der Waals surface area contributed by atoms with Crippen molar-refractivity contribution in [1.29, 1.82) is 0 Å². The first-order valence-electron chi connectivity index (χ1n) is 5.63. The van der Waals surface area contributed by atoms with E-state index in [4.69, 9.17) is 22.4 Å². The van der Waals surface area contributed by atoms with Crippen LogP contribution in [0, 0.1) is 0 Å². The normalized spacial score (nSPS) is 10.4. The number of aliphatic hydroxyl groups is 1. The number of rotatable bonds is 4. The number of hydrogen-bond donors (Lipinski definition) is 3. The number of nitrogens with zero attached hydrogens (tertiary/aromatic N) is 2. The molecule has 0 atom stereocenters. The second-order valence-corrected chi connectivity index (χ2v) is 4.20. The minimum Gasteiger partial charge on any atom is -0.396 e. The van der Waals surface area contributed by atoms with Crippen LogP contribution in [-0.4, -0.2) is 27.5 Å². The summed E-state index contributed by atoms with van der Waals surface area (Å²) >= 11 is 6.14. The van der Waals surface area contributed by atoms with Crippen LogP contribution in [0.15, 0.2) is 30.3 Å². The van der Waals surface area contributed by atoms with Gasteiger partial charge in [0.2, 0.25) is 0 Å². The van der Waals surface area contributed by atoms with Crippen molar-refractivity contribution in [1.82, 2.24) is 9.78 Å². The van der Waals surface area contributed by atoms with Crippen molar-refractivity contribution in [2.45, 2.75) is 6.42 Å². The molecule has 19 heavy (non-hydrogen) atoms. The largest absolute Gasteiger partial charge is 0.396 e. The number of hydrogen-bond acceptors (Lipinski definition) is 3. The number of halogens is 1. The standard InChI is InChI=1S/C12H13ClN4O2/c13-10-9(6-7-18)16-17(11(10)15-12(14)19)8-4-2-1-3-5-8/h1-5,18H,6-7H2,(H3,14,15,19). The number of aromatic nitrogens is 2. The van der Waals surface area contributed by atoms with Crippen molar-refractivity contribution in [2.24, 2.45) is 5.73 Å². The molecule has 0 aliphatic rings. The van der Waals surface area contributed by atoms with E-state index < -0.39 is 6.03 Å². The van der Waals surface area contributed by atoms with Gasteiger partial charge in [0, 0.05) is 13.0 Å². The fourth-order valence-electron chi connectivity index (χ4n) is 1.69. The molecular weight excluding hydrogens is 268 g/mol. The zero-order chi connectivity index (χ0) is 13.8. The van der Waals surface area contributed by atoms with Gasteiger partial charge >= 0.3 is 6.03 Å². The zero-order valence-electron chi connectivity index (χ0n) is 10.0. The fourth-order valence-corrected chi connectivity index (χ4v) is 1.95. The number of para-hydroxylation sites is 1. The first-order chi connectivity index (χ1) is 9.13. The summed E-state index contributed by atoms with van der Waals surface area (Å²) in [4.78, 5) is 11.0. The molecule has 0 aliphatic carbocycles. The van der Waals surface area contributed by atoms with Crippen LogP contribution in [-0.2, 0) is 6.42 Å². The maximum atomic E-state index is 11.0. The van der Waals surface area contributed by atoms with E-state index in [9.17, 15) is 4.79 Å². The molecule has 7 heteroatoms. The molecule has 0 fully saturated rings. The number of anilines is 1. The number of carbonyl (C=O) groups excluding carboxylic acids is 1. The summed E-state index contributed by atoms with van der Waals surface area (Å²) < 4.78 is 1.48. The van der Waals surface area contributed by atoms with Gasteiger partial charge in [-0.2, -0.15) is 5.10 Å². The molecular formula is C12H13ClN4O2. The molecule has 4 N–H and O–H groups in total. The molecule has 0 spiro atoms. The van der Waals surface area contributed by atoms with Crippen LogP contribution in [0.4, 0.5) is 10.6 Å². The zero-order valence-corrected chi connectivity index (χ0v) is 10.8. The molecule has 2 rings (SSSR count). The molecule has 2 amide bonds. The Labute approximate surface area is 114 Å². The number of benzene rings is 1. The van der Waals surface area contributed by atoms with Gasteiger partial charge in [-0.25, -0.2) is 9.48 Å². The molecule has 0 unspecified atom stereocenters. The van der Waals surface area contributed by atoms with E-state index in [1.165, 1.54) is 4.68 Å². The van der Waals surface area contributed by atoms with Crippen LogP contribution in [0.1, 0.15) is 5.69 Å². The van der Waals surface area contributed by atoms with Gasteiger partial charge in [0.05, 0.1) is 11.4 Å². The molecule has 1 heterocycles. The highest BCUT2D eigenvalue weighted by molar-refractivity contribution is 6.34. The second-order valence-electron chi connectivity index (χ2n) is 3.82. The average molecular weight is 281 g/mol. The predicted molar refractivity (Wildman–Crippen MR) is 72.6 cm³/mol. The number of nitrogens with two attached hydrogens (primary N) is 1. The van der Waals surface area contributed by atoms with Gasteiger partial charge < -0.3 is 10.8 Å². The average Bonchev–Trinajstić information content (AvgIpc) is 2.69. The smallest absolute Gasteiger partial charge is 0.317 e. The Balaban J connectivity index is 2.52. The first kappa shape index (κ1) is 13.4. The summed E-state index contributed by atoms with van der Waals surface area (Å²) in [5, 5.41) is 16.0. The highest BCUT2D eigenvalue weighted by Crippen LogP contribution is 2.28. The van der Waals surface area contributed by atoms with Crippen LogP contribution in [0.3, 0.4) is 0 Å². The topological polar surface area (TPSA) is 93.2 Å². The van der Waals surface area contributed by atoms with Crippen molar-refractivity contribution >= 4 is 23.4 Å². The van der Waals surface area contributed by atoms with E-state index in [1.54, 1.807) is 0 Å². The number of primary amides is 1. The second kappa shape index (κ2) is 5.73. The number of nitrogens with one attached hydrogen (secondary N) is 1. The van der Waals surface area contributed by atoms with Crippen molar-refractivity contribution in [3.8, 4) is 5.69 Å². The van der Waals surface area contributed by atoms with Gasteiger partial charge in [-0.05, 0) is 12.1 Å². The van der Waals surface area contributed by atoms with Crippen LogP contribution in [0.5, 0.6) is 0 Å². The number of carbonyl (C=O) groups is 1. The molecule has 0 bridgehead atoms. The van der Waals surface area contributed by atoms with Crippen molar-refractivity contribution < 1.29 is 9.90 Å². The van der Waals surface area contributed by atoms with Crippen molar-refractivity contribution in [3.05, 3.63) is 41.0 Å². The molecule has 1 aromatic heterocycles. The Kier molecular flexibility index (Phi) is 4.03. The van der Waals surface area contributed by atoms with Crippen LogP contribution in [0.25, 0.3) is 5.69 Å². The van der Waals surface area contributed by atoms with Gasteiger partial charge in [0.25, 0.3) is 0 Å². The first-order valence-corrected chi connectivity index (χ1v) is 6.01. The Morgan fingerprint density at radius 1 is 1.42 bits per heavy atom. The lowest BCUT2D eigenvalue weighted by Crippen LogP contribution is -2.21. The van der Waals surface area contributed by atoms with E-state index >= 15 is 0 Å².